The minimum absolute atomic E-state index is 0.144. The third-order valence-corrected chi connectivity index (χ3v) is 4.18. The first-order valence-electron chi connectivity index (χ1n) is 6.35. The molecule has 0 amide bonds. The molecule has 100 valence electrons. The van der Waals surface area contributed by atoms with Crippen LogP contribution >= 0.6 is 15.9 Å². The lowest BCUT2D eigenvalue weighted by molar-refractivity contribution is 0.0222. The van der Waals surface area contributed by atoms with Gasteiger partial charge in [-0.15, -0.1) is 0 Å². The molecule has 0 aliphatic carbocycles. The predicted molar refractivity (Wildman–Crippen MR) is 80.5 cm³/mol. The quantitative estimate of drug-likeness (QED) is 0.701. The fraction of sp³-hybridized carbons (Fsp3) is 0.600. The number of likely N-dealkylation sites (N-methyl/N-ethyl adjacent to an activating group) is 1. The summed E-state index contributed by atoms with van der Waals surface area (Å²) >= 11 is 3.63. The highest BCUT2D eigenvalue weighted by Gasteiger charge is 2.47. The van der Waals surface area contributed by atoms with Crippen molar-refractivity contribution in [1.82, 2.24) is 0 Å². The molecule has 0 bridgehead atoms. The minimum atomic E-state index is -0.208. The zero-order valence-electron chi connectivity index (χ0n) is 12.0. The van der Waals surface area contributed by atoms with E-state index in [0.29, 0.717) is 6.04 Å². The van der Waals surface area contributed by atoms with E-state index in [0.717, 1.165) is 15.9 Å². The Balaban J connectivity index is 2.58. The monoisotopic (exact) mass is 311 g/mol. The largest absolute Gasteiger partial charge is 0.483 e. The van der Waals surface area contributed by atoms with E-state index in [1.165, 1.54) is 0 Å². The Morgan fingerprint density at radius 2 is 1.89 bits per heavy atom. The molecule has 0 saturated heterocycles. The Kier molecular flexibility index (Phi) is 3.17. The highest BCUT2D eigenvalue weighted by molar-refractivity contribution is 9.10. The SMILES string of the molecule is CN1c2c(Br)cccc2OC(C)(C)C1C(C)(C)C. The first-order valence-corrected chi connectivity index (χ1v) is 7.14. The highest BCUT2D eigenvalue weighted by Crippen LogP contribution is 2.47. The van der Waals surface area contributed by atoms with Gasteiger partial charge in [0.15, 0.2) is 0 Å². The average Bonchev–Trinajstić information content (AvgIpc) is 2.12. The molecule has 1 atom stereocenters. The maximum Gasteiger partial charge on any atom is 0.144 e. The number of halogens is 1. The summed E-state index contributed by atoms with van der Waals surface area (Å²) in [7, 11) is 2.16. The van der Waals surface area contributed by atoms with Crippen LogP contribution in [0.5, 0.6) is 5.75 Å². The number of hydrogen-bond donors (Lipinski definition) is 0. The van der Waals surface area contributed by atoms with Crippen LogP contribution in [0.3, 0.4) is 0 Å². The summed E-state index contributed by atoms with van der Waals surface area (Å²) in [6.07, 6.45) is 0. The molecule has 3 heteroatoms. The predicted octanol–water partition coefficient (Wildman–Crippen LogP) is 4.47. The second-order valence-electron chi connectivity index (χ2n) is 6.67. The molecule has 1 aromatic rings. The highest BCUT2D eigenvalue weighted by atomic mass is 79.9. The van der Waals surface area contributed by atoms with Crippen LogP contribution in [-0.2, 0) is 0 Å². The van der Waals surface area contributed by atoms with Crippen molar-refractivity contribution >= 4 is 21.6 Å². The molecule has 18 heavy (non-hydrogen) atoms. The van der Waals surface area contributed by atoms with Crippen molar-refractivity contribution in [2.75, 3.05) is 11.9 Å². The van der Waals surface area contributed by atoms with Gasteiger partial charge in [-0.3, -0.25) is 0 Å². The number of benzene rings is 1. The minimum Gasteiger partial charge on any atom is -0.483 e. The van der Waals surface area contributed by atoms with Crippen molar-refractivity contribution in [3.05, 3.63) is 22.7 Å². The summed E-state index contributed by atoms with van der Waals surface area (Å²) in [6, 6.07) is 6.44. The van der Waals surface area contributed by atoms with Crippen LogP contribution in [0.25, 0.3) is 0 Å². The van der Waals surface area contributed by atoms with Crippen LogP contribution in [0.4, 0.5) is 5.69 Å². The number of hydrogen-bond acceptors (Lipinski definition) is 2. The summed E-state index contributed by atoms with van der Waals surface area (Å²) in [4.78, 5) is 2.35. The molecule has 1 aliphatic rings. The number of nitrogens with zero attached hydrogens (tertiary/aromatic N) is 1. The Bertz CT molecular complexity index is 462. The van der Waals surface area contributed by atoms with E-state index in [9.17, 15) is 0 Å². The van der Waals surface area contributed by atoms with Gasteiger partial charge in [-0.25, -0.2) is 0 Å². The average molecular weight is 312 g/mol. The van der Waals surface area contributed by atoms with Crippen LogP contribution in [0, 0.1) is 5.41 Å². The third-order valence-electron chi connectivity index (χ3n) is 3.54. The summed E-state index contributed by atoms with van der Waals surface area (Å²) in [5.74, 6) is 0.956. The lowest BCUT2D eigenvalue weighted by Crippen LogP contribution is -2.60. The molecular weight excluding hydrogens is 290 g/mol. The summed E-state index contributed by atoms with van der Waals surface area (Å²) in [5, 5.41) is 0. The molecule has 0 saturated carbocycles. The van der Waals surface area contributed by atoms with Crippen LogP contribution in [0.1, 0.15) is 34.6 Å². The molecule has 1 heterocycles. The van der Waals surface area contributed by atoms with Crippen LogP contribution < -0.4 is 9.64 Å². The van der Waals surface area contributed by atoms with E-state index >= 15 is 0 Å². The maximum absolute atomic E-state index is 6.24. The zero-order valence-corrected chi connectivity index (χ0v) is 13.6. The van der Waals surface area contributed by atoms with Gasteiger partial charge in [0.2, 0.25) is 0 Å². The second kappa shape index (κ2) is 4.16. The molecular formula is C15H22BrNO. The fourth-order valence-electron chi connectivity index (χ4n) is 3.48. The molecule has 2 rings (SSSR count). The Morgan fingerprint density at radius 1 is 1.28 bits per heavy atom. The number of rotatable bonds is 0. The van der Waals surface area contributed by atoms with E-state index in [1.807, 2.05) is 12.1 Å². The van der Waals surface area contributed by atoms with Gasteiger partial charge in [0, 0.05) is 11.5 Å². The van der Waals surface area contributed by atoms with Crippen molar-refractivity contribution in [1.29, 1.82) is 0 Å². The van der Waals surface area contributed by atoms with Gasteiger partial charge >= 0.3 is 0 Å². The van der Waals surface area contributed by atoms with Gasteiger partial charge in [-0.05, 0) is 47.3 Å². The Labute approximate surface area is 118 Å². The van der Waals surface area contributed by atoms with Crippen molar-refractivity contribution in [2.24, 2.45) is 5.41 Å². The first-order chi connectivity index (χ1) is 8.14. The first kappa shape index (κ1) is 13.7. The molecule has 0 radical (unpaired) electrons. The third kappa shape index (κ3) is 2.13. The van der Waals surface area contributed by atoms with Gasteiger partial charge in [-0.2, -0.15) is 0 Å². The lowest BCUT2D eigenvalue weighted by atomic mass is 9.75. The van der Waals surface area contributed by atoms with Crippen LogP contribution in [0.2, 0.25) is 0 Å². The van der Waals surface area contributed by atoms with Gasteiger partial charge in [0.1, 0.15) is 11.4 Å². The van der Waals surface area contributed by atoms with Gasteiger partial charge in [0.25, 0.3) is 0 Å². The lowest BCUT2D eigenvalue weighted by Gasteiger charge is -2.52. The molecule has 0 fully saturated rings. The van der Waals surface area contributed by atoms with Crippen molar-refractivity contribution in [3.8, 4) is 5.75 Å². The van der Waals surface area contributed by atoms with E-state index < -0.39 is 0 Å². The maximum atomic E-state index is 6.24. The Hall–Kier alpha value is -0.700. The van der Waals surface area contributed by atoms with Gasteiger partial charge in [-0.1, -0.05) is 26.8 Å². The number of anilines is 1. The zero-order chi connectivity index (χ0) is 13.7. The van der Waals surface area contributed by atoms with Crippen molar-refractivity contribution in [2.45, 2.75) is 46.3 Å². The molecule has 0 spiro atoms. The summed E-state index contributed by atoms with van der Waals surface area (Å²) < 4.78 is 7.33. The van der Waals surface area contributed by atoms with E-state index in [2.05, 4.69) is 68.6 Å². The smallest absolute Gasteiger partial charge is 0.144 e. The number of fused-ring (bicyclic) bond motifs is 1. The second-order valence-corrected chi connectivity index (χ2v) is 7.53. The summed E-state index contributed by atoms with van der Waals surface area (Å²) in [6.45, 7) is 11.1. The van der Waals surface area contributed by atoms with Crippen molar-refractivity contribution < 1.29 is 4.74 Å². The number of para-hydroxylation sites is 1. The molecule has 0 aromatic heterocycles. The summed E-state index contributed by atoms with van der Waals surface area (Å²) in [5.41, 5.74) is 1.09. The van der Waals surface area contributed by atoms with Crippen LogP contribution in [0.15, 0.2) is 22.7 Å². The standard InChI is InChI=1S/C15H22BrNO/c1-14(2,3)13-15(4,5)18-11-9-7-8-10(16)12(11)17(13)6/h7-9,13H,1-6H3. The van der Waals surface area contributed by atoms with Crippen molar-refractivity contribution in [3.63, 3.8) is 0 Å². The number of ether oxygens (including phenoxy) is 1. The van der Waals surface area contributed by atoms with E-state index in [1.54, 1.807) is 0 Å². The van der Waals surface area contributed by atoms with E-state index in [-0.39, 0.29) is 11.0 Å². The normalized spacial score (nSPS) is 22.4. The molecule has 1 aliphatic heterocycles. The topological polar surface area (TPSA) is 12.5 Å². The fourth-order valence-corrected chi connectivity index (χ4v) is 4.11. The Morgan fingerprint density at radius 3 is 2.44 bits per heavy atom. The van der Waals surface area contributed by atoms with E-state index in [4.69, 9.17) is 4.74 Å². The van der Waals surface area contributed by atoms with Gasteiger partial charge in [0.05, 0.1) is 11.7 Å². The molecule has 2 nitrogen and oxygen atoms in total. The van der Waals surface area contributed by atoms with Gasteiger partial charge < -0.3 is 9.64 Å². The van der Waals surface area contributed by atoms with Crippen LogP contribution in [-0.4, -0.2) is 18.7 Å². The molecule has 0 N–H and O–H groups in total. The molecule has 1 unspecified atom stereocenters. The molecule has 1 aromatic carbocycles.